The van der Waals surface area contributed by atoms with Crippen molar-refractivity contribution in [2.45, 2.75) is 58.8 Å². The number of benzene rings is 1. The van der Waals surface area contributed by atoms with E-state index in [0.717, 1.165) is 0 Å². The van der Waals surface area contributed by atoms with Crippen LogP contribution in [0, 0.1) is 0 Å². The number of anilines is 1. The fourth-order valence-corrected chi connectivity index (χ4v) is 2.06. The van der Waals surface area contributed by atoms with Crippen molar-refractivity contribution in [3.63, 3.8) is 0 Å². The molecule has 6 nitrogen and oxygen atoms in total. The molecule has 0 spiro atoms. The van der Waals surface area contributed by atoms with Crippen LogP contribution in [0.4, 0.5) is 10.5 Å². The van der Waals surface area contributed by atoms with E-state index >= 15 is 0 Å². The Bertz CT molecular complexity index is 576. The quantitative estimate of drug-likeness (QED) is 0.795. The molecule has 1 rings (SSSR count). The molecule has 0 saturated heterocycles. The maximum atomic E-state index is 12.0. The average molecular weight is 322 g/mol. The molecule has 128 valence electrons. The lowest BCUT2D eigenvalue weighted by atomic mass is 9.90. The Hall–Kier alpha value is -2.08. The molecule has 0 aliphatic heterocycles. The average Bonchev–Trinajstić information content (AvgIpc) is 2.34. The molecule has 0 bridgehead atoms. The number of amides is 2. The Morgan fingerprint density at radius 3 is 2.22 bits per heavy atom. The van der Waals surface area contributed by atoms with E-state index in [0.29, 0.717) is 11.3 Å². The number of alkyl carbamates (subject to hydrolysis) is 1. The maximum absolute atomic E-state index is 12.0. The highest BCUT2D eigenvalue weighted by molar-refractivity contribution is 5.89. The second kappa shape index (κ2) is 7.00. The summed E-state index contributed by atoms with van der Waals surface area (Å²) in [6.07, 6.45) is -1.64. The first-order valence-electron chi connectivity index (χ1n) is 7.48. The van der Waals surface area contributed by atoms with Crippen molar-refractivity contribution in [2.75, 3.05) is 5.32 Å². The van der Waals surface area contributed by atoms with Crippen molar-refractivity contribution in [3.05, 3.63) is 29.8 Å². The minimum absolute atomic E-state index is 0.234. The normalized spacial score (nSPS) is 13.2. The number of carbonyl (C=O) groups excluding carboxylic acids is 2. The van der Waals surface area contributed by atoms with E-state index in [1.807, 2.05) is 0 Å². The summed E-state index contributed by atoms with van der Waals surface area (Å²) in [5.41, 5.74) is -0.592. The molecule has 6 heteroatoms. The second-order valence-electron chi connectivity index (χ2n) is 7.02. The van der Waals surface area contributed by atoms with Gasteiger partial charge in [-0.1, -0.05) is 18.2 Å². The molecule has 0 saturated carbocycles. The number of nitrogens with one attached hydrogen (secondary N) is 2. The summed E-state index contributed by atoms with van der Waals surface area (Å²) in [7, 11) is 0. The summed E-state index contributed by atoms with van der Waals surface area (Å²) in [6.45, 7) is 10.1. The van der Waals surface area contributed by atoms with Gasteiger partial charge in [0.05, 0.1) is 5.54 Å². The van der Waals surface area contributed by atoms with Gasteiger partial charge in [-0.05, 0) is 40.7 Å². The summed E-state index contributed by atoms with van der Waals surface area (Å²) < 4.78 is 5.22. The SMILES string of the molecule is CC(=O)Nc1ccccc1C(O)C(C)(C)NC(=O)OC(C)(C)C. The molecule has 1 aromatic rings. The minimum atomic E-state index is -1.03. The van der Waals surface area contributed by atoms with Gasteiger partial charge in [-0.25, -0.2) is 4.79 Å². The van der Waals surface area contributed by atoms with Crippen LogP contribution in [0.3, 0.4) is 0 Å². The molecule has 0 heterocycles. The zero-order chi connectivity index (χ0) is 17.8. The first-order valence-corrected chi connectivity index (χ1v) is 7.48. The van der Waals surface area contributed by atoms with Crippen molar-refractivity contribution in [2.24, 2.45) is 0 Å². The van der Waals surface area contributed by atoms with Crippen molar-refractivity contribution in [1.29, 1.82) is 0 Å². The molecule has 1 aromatic carbocycles. The molecule has 0 aliphatic rings. The van der Waals surface area contributed by atoms with Gasteiger partial charge in [-0.3, -0.25) is 4.79 Å². The maximum Gasteiger partial charge on any atom is 0.408 e. The number of hydrogen-bond donors (Lipinski definition) is 3. The summed E-state index contributed by atoms with van der Waals surface area (Å²) in [6, 6.07) is 6.92. The molecule has 0 fully saturated rings. The summed E-state index contributed by atoms with van der Waals surface area (Å²) in [5, 5.41) is 16.0. The lowest BCUT2D eigenvalue weighted by molar-refractivity contribution is -0.114. The molecule has 23 heavy (non-hydrogen) atoms. The molecule has 2 amide bonds. The highest BCUT2D eigenvalue weighted by Crippen LogP contribution is 2.31. The van der Waals surface area contributed by atoms with Gasteiger partial charge in [-0.2, -0.15) is 0 Å². The smallest absolute Gasteiger partial charge is 0.408 e. The first-order chi connectivity index (χ1) is 10.4. The van der Waals surface area contributed by atoms with Crippen LogP contribution in [-0.2, 0) is 9.53 Å². The lowest BCUT2D eigenvalue weighted by Gasteiger charge is -2.33. The number of aliphatic hydroxyl groups is 1. The van der Waals surface area contributed by atoms with Crippen LogP contribution in [-0.4, -0.2) is 28.2 Å². The third-order valence-corrected chi connectivity index (χ3v) is 3.07. The Morgan fingerprint density at radius 1 is 1.13 bits per heavy atom. The standard InChI is InChI=1S/C17H26N2O4/c1-11(20)18-13-10-8-7-9-12(13)14(21)17(5,6)19-15(22)23-16(2,3)4/h7-10,14,21H,1-6H3,(H,18,20)(H,19,22). The van der Waals surface area contributed by atoms with Crippen LogP contribution in [0.5, 0.6) is 0 Å². The molecule has 0 radical (unpaired) electrons. The number of para-hydroxylation sites is 1. The second-order valence-corrected chi connectivity index (χ2v) is 7.02. The van der Waals surface area contributed by atoms with Crippen molar-refractivity contribution < 1.29 is 19.4 Å². The summed E-state index contributed by atoms with van der Waals surface area (Å²) >= 11 is 0. The van der Waals surface area contributed by atoms with Gasteiger partial charge in [0.1, 0.15) is 11.7 Å². The zero-order valence-corrected chi connectivity index (χ0v) is 14.6. The van der Waals surface area contributed by atoms with Crippen LogP contribution in [0.2, 0.25) is 0 Å². The monoisotopic (exact) mass is 322 g/mol. The number of rotatable bonds is 4. The van der Waals surface area contributed by atoms with E-state index in [4.69, 9.17) is 4.74 Å². The molecular weight excluding hydrogens is 296 g/mol. The highest BCUT2D eigenvalue weighted by atomic mass is 16.6. The third-order valence-electron chi connectivity index (χ3n) is 3.07. The van der Waals surface area contributed by atoms with E-state index in [-0.39, 0.29) is 5.91 Å². The van der Waals surface area contributed by atoms with Gasteiger partial charge in [0, 0.05) is 18.2 Å². The van der Waals surface area contributed by atoms with Gasteiger partial charge in [0.2, 0.25) is 5.91 Å². The fourth-order valence-electron chi connectivity index (χ4n) is 2.06. The lowest BCUT2D eigenvalue weighted by Crippen LogP contribution is -2.49. The largest absolute Gasteiger partial charge is 0.444 e. The van der Waals surface area contributed by atoms with Crippen molar-refractivity contribution >= 4 is 17.7 Å². The molecule has 0 aromatic heterocycles. The van der Waals surface area contributed by atoms with E-state index in [9.17, 15) is 14.7 Å². The topological polar surface area (TPSA) is 87.7 Å². The van der Waals surface area contributed by atoms with Gasteiger partial charge in [0.25, 0.3) is 0 Å². The number of hydrogen-bond acceptors (Lipinski definition) is 4. The minimum Gasteiger partial charge on any atom is -0.444 e. The van der Waals surface area contributed by atoms with Gasteiger partial charge >= 0.3 is 6.09 Å². The number of aliphatic hydroxyl groups excluding tert-OH is 1. The predicted octanol–water partition coefficient (Wildman–Crippen LogP) is 2.98. The van der Waals surface area contributed by atoms with E-state index in [2.05, 4.69) is 10.6 Å². The summed E-state index contributed by atoms with van der Waals surface area (Å²) in [4.78, 5) is 23.2. The molecular formula is C17H26N2O4. The number of carbonyl (C=O) groups is 2. The van der Waals surface area contributed by atoms with Crippen LogP contribution in [0.25, 0.3) is 0 Å². The Balaban J connectivity index is 2.96. The molecule has 1 unspecified atom stereocenters. The summed E-state index contributed by atoms with van der Waals surface area (Å²) in [5.74, 6) is -0.234. The van der Waals surface area contributed by atoms with Crippen molar-refractivity contribution in [1.82, 2.24) is 5.32 Å². The van der Waals surface area contributed by atoms with Crippen LogP contribution in [0.1, 0.15) is 53.2 Å². The Kier molecular flexibility index (Phi) is 5.77. The van der Waals surface area contributed by atoms with Gasteiger partial charge < -0.3 is 20.5 Å². The van der Waals surface area contributed by atoms with Gasteiger partial charge in [0.15, 0.2) is 0 Å². The van der Waals surface area contributed by atoms with Crippen LogP contribution in [0.15, 0.2) is 24.3 Å². The van der Waals surface area contributed by atoms with Gasteiger partial charge in [-0.15, -0.1) is 0 Å². The first kappa shape index (κ1) is 19.0. The molecule has 1 atom stereocenters. The zero-order valence-electron chi connectivity index (χ0n) is 14.6. The van der Waals surface area contributed by atoms with Crippen LogP contribution >= 0.6 is 0 Å². The Morgan fingerprint density at radius 2 is 1.70 bits per heavy atom. The third kappa shape index (κ3) is 5.90. The fraction of sp³-hybridized carbons (Fsp3) is 0.529. The molecule has 0 aliphatic carbocycles. The van der Waals surface area contributed by atoms with E-state index < -0.39 is 23.3 Å². The molecule has 3 N–H and O–H groups in total. The Labute approximate surface area is 137 Å². The highest BCUT2D eigenvalue weighted by Gasteiger charge is 2.33. The van der Waals surface area contributed by atoms with Crippen molar-refractivity contribution in [3.8, 4) is 0 Å². The van der Waals surface area contributed by atoms with Crippen LogP contribution < -0.4 is 10.6 Å². The number of ether oxygens (including phenoxy) is 1. The predicted molar refractivity (Wildman–Crippen MR) is 89.2 cm³/mol. The van der Waals surface area contributed by atoms with E-state index in [1.54, 1.807) is 58.9 Å². The van der Waals surface area contributed by atoms with E-state index in [1.165, 1.54) is 6.92 Å².